The second-order valence-corrected chi connectivity index (χ2v) is 7.22. The molecule has 4 N–H and O–H groups in total. The molecule has 1 heterocycles. The van der Waals surface area contributed by atoms with Crippen molar-refractivity contribution < 1.29 is 23.8 Å². The van der Waals surface area contributed by atoms with Gasteiger partial charge in [-0.3, -0.25) is 4.79 Å². The summed E-state index contributed by atoms with van der Waals surface area (Å²) in [6, 6.07) is 8.66. The molecule has 8 heteroatoms. The predicted molar refractivity (Wildman–Crippen MR) is 100 cm³/mol. The first-order chi connectivity index (χ1) is 13.0. The van der Waals surface area contributed by atoms with Gasteiger partial charge in [-0.15, -0.1) is 0 Å². The van der Waals surface area contributed by atoms with Gasteiger partial charge in [0.1, 0.15) is 22.7 Å². The molecule has 2 rings (SSSR count). The van der Waals surface area contributed by atoms with E-state index in [-0.39, 0.29) is 23.6 Å². The van der Waals surface area contributed by atoms with Crippen LogP contribution in [-0.4, -0.2) is 24.1 Å². The van der Waals surface area contributed by atoms with Gasteiger partial charge in [0.05, 0.1) is 17.6 Å². The molecule has 0 saturated carbocycles. The van der Waals surface area contributed by atoms with Crippen LogP contribution in [0, 0.1) is 11.3 Å². The lowest BCUT2D eigenvalue weighted by Gasteiger charge is -2.29. The summed E-state index contributed by atoms with van der Waals surface area (Å²) in [6.07, 6.45) is 0. The van der Waals surface area contributed by atoms with E-state index in [1.807, 2.05) is 0 Å². The van der Waals surface area contributed by atoms with Crippen molar-refractivity contribution in [2.75, 3.05) is 6.61 Å². The fraction of sp³-hybridized carbons (Fsp3) is 0.350. The van der Waals surface area contributed by atoms with Gasteiger partial charge in [0.15, 0.2) is 6.61 Å². The number of hydrogen-bond donors (Lipinski definition) is 2. The van der Waals surface area contributed by atoms with Crippen LogP contribution in [-0.2, 0) is 19.1 Å². The molecule has 8 nitrogen and oxygen atoms in total. The number of carbonyl (C=O) groups excluding carboxylic acids is 2. The summed E-state index contributed by atoms with van der Waals surface area (Å²) < 4.78 is 16.1. The van der Waals surface area contributed by atoms with Crippen molar-refractivity contribution in [2.24, 2.45) is 11.5 Å². The lowest BCUT2D eigenvalue weighted by atomic mass is 9.83. The van der Waals surface area contributed by atoms with Crippen LogP contribution in [0.3, 0.4) is 0 Å². The van der Waals surface area contributed by atoms with Gasteiger partial charge < -0.3 is 25.7 Å². The van der Waals surface area contributed by atoms with Crippen molar-refractivity contribution >= 4 is 11.9 Å². The molecule has 0 saturated heterocycles. The van der Waals surface area contributed by atoms with Crippen molar-refractivity contribution in [2.45, 2.75) is 39.2 Å². The monoisotopic (exact) mass is 385 g/mol. The van der Waals surface area contributed by atoms with Crippen LogP contribution < -0.4 is 16.2 Å². The molecule has 1 aliphatic heterocycles. The molecule has 0 fully saturated rings. The largest absolute Gasteiger partial charge is 0.484 e. The zero-order chi connectivity index (χ0) is 21.1. The minimum Gasteiger partial charge on any atom is -0.484 e. The Morgan fingerprint density at radius 3 is 2.36 bits per heavy atom. The molecule has 0 unspecified atom stereocenters. The van der Waals surface area contributed by atoms with Gasteiger partial charge in [-0.05, 0) is 45.4 Å². The molecule has 1 atom stereocenters. The summed E-state index contributed by atoms with van der Waals surface area (Å²) >= 11 is 0. The van der Waals surface area contributed by atoms with E-state index in [9.17, 15) is 14.9 Å². The molecule has 0 spiro atoms. The van der Waals surface area contributed by atoms with E-state index >= 15 is 0 Å². The van der Waals surface area contributed by atoms with Gasteiger partial charge >= 0.3 is 5.97 Å². The molecule has 1 aromatic carbocycles. The van der Waals surface area contributed by atoms with Crippen molar-refractivity contribution in [3.05, 3.63) is 52.6 Å². The third kappa shape index (κ3) is 4.82. The smallest absolute Gasteiger partial charge is 0.340 e. The summed E-state index contributed by atoms with van der Waals surface area (Å²) in [6.45, 7) is 6.55. The highest BCUT2D eigenvalue weighted by Crippen LogP contribution is 2.40. The zero-order valence-corrected chi connectivity index (χ0v) is 16.2. The van der Waals surface area contributed by atoms with E-state index in [0.29, 0.717) is 17.1 Å². The first-order valence-electron chi connectivity index (χ1n) is 8.56. The normalized spacial score (nSPS) is 16.9. The van der Waals surface area contributed by atoms with Crippen molar-refractivity contribution in [1.82, 2.24) is 0 Å². The van der Waals surface area contributed by atoms with Crippen molar-refractivity contribution in [3.63, 3.8) is 0 Å². The van der Waals surface area contributed by atoms with E-state index in [1.165, 1.54) is 0 Å². The minimum atomic E-state index is -0.751. The molecule has 0 bridgehead atoms. The Labute approximate surface area is 163 Å². The first-order valence-corrected chi connectivity index (χ1v) is 8.56. The first kappa shape index (κ1) is 20.8. The Bertz CT molecular complexity index is 886. The maximum atomic E-state index is 12.8. The van der Waals surface area contributed by atoms with E-state index in [0.717, 1.165) is 0 Å². The van der Waals surface area contributed by atoms with E-state index < -0.39 is 23.4 Å². The summed E-state index contributed by atoms with van der Waals surface area (Å²) in [7, 11) is 0. The van der Waals surface area contributed by atoms with Crippen molar-refractivity contribution in [1.29, 1.82) is 5.26 Å². The van der Waals surface area contributed by atoms with Gasteiger partial charge in [0.2, 0.25) is 5.88 Å². The van der Waals surface area contributed by atoms with Gasteiger partial charge in [0.25, 0.3) is 5.91 Å². The quantitative estimate of drug-likeness (QED) is 0.739. The maximum absolute atomic E-state index is 12.8. The number of ether oxygens (including phenoxy) is 3. The highest BCUT2D eigenvalue weighted by Gasteiger charge is 2.37. The average Bonchev–Trinajstić information content (AvgIpc) is 2.58. The summed E-state index contributed by atoms with van der Waals surface area (Å²) in [4.78, 5) is 23.6. The van der Waals surface area contributed by atoms with E-state index in [1.54, 1.807) is 52.0 Å². The molecular weight excluding hydrogens is 362 g/mol. The van der Waals surface area contributed by atoms with Crippen LogP contribution in [0.5, 0.6) is 5.75 Å². The van der Waals surface area contributed by atoms with Crippen LogP contribution in [0.25, 0.3) is 0 Å². The third-order valence-electron chi connectivity index (χ3n) is 3.82. The number of benzene rings is 1. The standard InChI is InChI=1S/C20H23N3O5/c1-11-14(9-21)16(12-5-7-13(8-6-12)26-10-15(22)24)17(18(23)27-11)19(25)28-20(2,3)4/h5-8,16H,10,23H2,1-4H3,(H2,22,24)/t16-/m0/s1. The molecule has 0 radical (unpaired) electrons. The Balaban J connectivity index is 2.45. The van der Waals surface area contributed by atoms with Gasteiger partial charge in [0, 0.05) is 0 Å². The second-order valence-electron chi connectivity index (χ2n) is 7.22. The van der Waals surface area contributed by atoms with Crippen molar-refractivity contribution in [3.8, 4) is 11.8 Å². The molecule has 1 aliphatic rings. The number of rotatable bonds is 5. The number of esters is 1. The molecule has 1 aromatic rings. The topological polar surface area (TPSA) is 138 Å². The Hall–Kier alpha value is -3.47. The fourth-order valence-electron chi connectivity index (χ4n) is 2.70. The number of carbonyl (C=O) groups is 2. The fourth-order valence-corrected chi connectivity index (χ4v) is 2.70. The summed E-state index contributed by atoms with van der Waals surface area (Å²) in [5.74, 6) is -1.38. The Morgan fingerprint density at radius 2 is 1.86 bits per heavy atom. The van der Waals surface area contributed by atoms with Crippen LogP contribution in [0.2, 0.25) is 0 Å². The zero-order valence-electron chi connectivity index (χ0n) is 16.2. The number of nitrogens with two attached hydrogens (primary N) is 2. The molecule has 28 heavy (non-hydrogen) atoms. The SMILES string of the molecule is CC1=C(C#N)[C@H](c2ccc(OCC(N)=O)cc2)C(C(=O)OC(C)(C)C)=C(N)O1. The minimum absolute atomic E-state index is 0.0582. The molecular formula is C20H23N3O5. The molecule has 1 amide bonds. The average molecular weight is 385 g/mol. The Morgan fingerprint density at radius 1 is 1.25 bits per heavy atom. The molecule has 0 aliphatic carbocycles. The maximum Gasteiger partial charge on any atom is 0.340 e. The second kappa shape index (κ2) is 8.05. The Kier molecular flexibility index (Phi) is 5.99. The number of primary amides is 1. The number of nitrogens with zero attached hydrogens (tertiary/aromatic N) is 1. The number of hydrogen-bond acceptors (Lipinski definition) is 7. The lowest BCUT2D eigenvalue weighted by Crippen LogP contribution is -2.31. The van der Waals surface area contributed by atoms with Crippen LogP contribution in [0.4, 0.5) is 0 Å². The van der Waals surface area contributed by atoms with Crippen LogP contribution >= 0.6 is 0 Å². The highest BCUT2D eigenvalue weighted by molar-refractivity contribution is 5.92. The van der Waals surface area contributed by atoms with Crippen LogP contribution in [0.1, 0.15) is 39.2 Å². The van der Waals surface area contributed by atoms with E-state index in [4.69, 9.17) is 25.7 Å². The van der Waals surface area contributed by atoms with Crippen LogP contribution in [0.15, 0.2) is 47.1 Å². The van der Waals surface area contributed by atoms with Gasteiger partial charge in [-0.2, -0.15) is 5.26 Å². The highest BCUT2D eigenvalue weighted by atomic mass is 16.6. The van der Waals surface area contributed by atoms with Gasteiger partial charge in [-0.1, -0.05) is 12.1 Å². The number of amides is 1. The third-order valence-corrected chi connectivity index (χ3v) is 3.82. The number of allylic oxidation sites excluding steroid dienone is 2. The summed E-state index contributed by atoms with van der Waals surface area (Å²) in [5, 5.41) is 9.63. The predicted octanol–water partition coefficient (Wildman–Crippen LogP) is 1.97. The molecule has 148 valence electrons. The van der Waals surface area contributed by atoms with E-state index in [2.05, 4.69) is 6.07 Å². The number of nitriles is 1. The lowest BCUT2D eigenvalue weighted by molar-refractivity contribution is -0.150. The summed E-state index contributed by atoms with van der Waals surface area (Å²) in [5.41, 5.74) is 11.2. The molecule has 0 aromatic heterocycles. The van der Waals surface area contributed by atoms with Gasteiger partial charge in [-0.25, -0.2) is 4.79 Å².